The summed E-state index contributed by atoms with van der Waals surface area (Å²) in [5, 5.41) is 2.79. The molecule has 1 amide bonds. The monoisotopic (exact) mass is 333 g/mol. The third-order valence-corrected chi connectivity index (χ3v) is 4.60. The van der Waals surface area contributed by atoms with Crippen LogP contribution in [0.3, 0.4) is 0 Å². The highest BCUT2D eigenvalue weighted by Crippen LogP contribution is 2.08. The number of amides is 1. The van der Waals surface area contributed by atoms with Crippen molar-refractivity contribution in [1.29, 1.82) is 0 Å². The van der Waals surface area contributed by atoms with E-state index in [4.69, 9.17) is 0 Å². The van der Waals surface area contributed by atoms with Gasteiger partial charge in [0.05, 0.1) is 5.75 Å². The average Bonchev–Trinajstić information content (AvgIpc) is 2.53. The molecule has 0 spiro atoms. The van der Waals surface area contributed by atoms with E-state index in [0.717, 1.165) is 11.3 Å². The Morgan fingerprint density at radius 3 is 2.35 bits per heavy atom. The maximum atomic E-state index is 12.0. The van der Waals surface area contributed by atoms with E-state index in [1.165, 1.54) is 7.05 Å². The van der Waals surface area contributed by atoms with Gasteiger partial charge in [-0.05, 0) is 37.2 Å². The first-order chi connectivity index (χ1) is 10.9. The van der Waals surface area contributed by atoms with Crippen molar-refractivity contribution in [2.75, 3.05) is 7.05 Å². The average molecular weight is 333 g/mol. The standard InChI is InChI=1S/C16H19N3O3S/c1-12-4-3-5-15(19-12)16(20)18-10-13-6-8-14(9-7-13)11-23(21,22)17-2/h3-9,17H,10-11H2,1-2H3,(H,18,20). The molecule has 7 heteroatoms. The lowest BCUT2D eigenvalue weighted by Crippen LogP contribution is -2.24. The Morgan fingerprint density at radius 2 is 1.74 bits per heavy atom. The van der Waals surface area contributed by atoms with Gasteiger partial charge in [0, 0.05) is 12.2 Å². The minimum Gasteiger partial charge on any atom is -0.347 e. The number of nitrogens with zero attached hydrogens (tertiary/aromatic N) is 1. The third kappa shape index (κ3) is 5.15. The second-order valence-electron chi connectivity index (χ2n) is 5.13. The van der Waals surface area contributed by atoms with Crippen LogP contribution in [0.15, 0.2) is 42.5 Å². The number of aromatic nitrogens is 1. The topological polar surface area (TPSA) is 88.2 Å². The van der Waals surface area contributed by atoms with Gasteiger partial charge in [0.2, 0.25) is 10.0 Å². The van der Waals surface area contributed by atoms with Crippen molar-refractivity contribution >= 4 is 15.9 Å². The summed E-state index contributed by atoms with van der Waals surface area (Å²) >= 11 is 0. The lowest BCUT2D eigenvalue weighted by molar-refractivity contribution is 0.0945. The Balaban J connectivity index is 1.95. The van der Waals surface area contributed by atoms with E-state index in [1.54, 1.807) is 36.4 Å². The molecule has 1 aromatic carbocycles. The van der Waals surface area contributed by atoms with Crippen LogP contribution >= 0.6 is 0 Å². The van der Waals surface area contributed by atoms with Crippen LogP contribution in [-0.2, 0) is 22.3 Å². The van der Waals surface area contributed by atoms with Gasteiger partial charge in [-0.3, -0.25) is 4.79 Å². The van der Waals surface area contributed by atoms with Crippen LogP contribution in [0.5, 0.6) is 0 Å². The number of hydrogen-bond acceptors (Lipinski definition) is 4. The molecule has 0 radical (unpaired) electrons. The zero-order valence-electron chi connectivity index (χ0n) is 13.0. The highest BCUT2D eigenvalue weighted by atomic mass is 32.2. The first-order valence-electron chi connectivity index (χ1n) is 7.10. The summed E-state index contributed by atoms with van der Waals surface area (Å²) in [5.41, 5.74) is 2.74. The van der Waals surface area contributed by atoms with Gasteiger partial charge in [-0.15, -0.1) is 0 Å². The first kappa shape index (κ1) is 17.1. The Morgan fingerprint density at radius 1 is 1.09 bits per heavy atom. The first-order valence-corrected chi connectivity index (χ1v) is 8.76. The quantitative estimate of drug-likeness (QED) is 0.836. The summed E-state index contributed by atoms with van der Waals surface area (Å²) in [5.74, 6) is -0.306. The fourth-order valence-electron chi connectivity index (χ4n) is 1.99. The van der Waals surface area contributed by atoms with Crippen LogP contribution in [0.2, 0.25) is 0 Å². The molecule has 0 saturated heterocycles. The Kier molecular flexibility index (Phi) is 5.46. The van der Waals surface area contributed by atoms with Crippen molar-refractivity contribution < 1.29 is 13.2 Å². The normalized spacial score (nSPS) is 11.2. The number of carbonyl (C=O) groups excluding carboxylic acids is 1. The molecule has 1 aromatic heterocycles. The van der Waals surface area contributed by atoms with Crippen molar-refractivity contribution in [1.82, 2.24) is 15.0 Å². The molecule has 6 nitrogen and oxygen atoms in total. The zero-order valence-corrected chi connectivity index (χ0v) is 13.9. The van der Waals surface area contributed by atoms with Gasteiger partial charge in [-0.25, -0.2) is 18.1 Å². The summed E-state index contributed by atoms with van der Waals surface area (Å²) in [7, 11) is -1.89. The van der Waals surface area contributed by atoms with Crippen LogP contribution in [0.4, 0.5) is 0 Å². The number of nitrogens with one attached hydrogen (secondary N) is 2. The lowest BCUT2D eigenvalue weighted by Gasteiger charge is -2.07. The molecule has 0 aliphatic heterocycles. The SMILES string of the molecule is CNS(=O)(=O)Cc1ccc(CNC(=O)c2cccc(C)n2)cc1. The lowest BCUT2D eigenvalue weighted by atomic mass is 10.1. The van der Waals surface area contributed by atoms with Gasteiger partial charge in [0.1, 0.15) is 5.69 Å². The van der Waals surface area contributed by atoms with E-state index in [-0.39, 0.29) is 11.7 Å². The Bertz CT molecular complexity index is 786. The summed E-state index contributed by atoms with van der Waals surface area (Å²) < 4.78 is 25.2. The summed E-state index contributed by atoms with van der Waals surface area (Å²) in [6.07, 6.45) is 0. The van der Waals surface area contributed by atoms with Gasteiger partial charge in [-0.2, -0.15) is 0 Å². The van der Waals surface area contributed by atoms with Crippen molar-refractivity contribution in [2.24, 2.45) is 0 Å². The van der Waals surface area contributed by atoms with Gasteiger partial charge >= 0.3 is 0 Å². The van der Waals surface area contributed by atoms with Crippen molar-refractivity contribution in [3.63, 3.8) is 0 Å². The number of sulfonamides is 1. The molecule has 0 unspecified atom stereocenters. The summed E-state index contributed by atoms with van der Waals surface area (Å²) in [4.78, 5) is 16.2. The number of carbonyl (C=O) groups is 1. The minimum absolute atomic E-state index is 0.0661. The highest BCUT2D eigenvalue weighted by Gasteiger charge is 2.09. The minimum atomic E-state index is -3.28. The molecule has 122 valence electrons. The van der Waals surface area contributed by atoms with Crippen LogP contribution < -0.4 is 10.0 Å². The maximum absolute atomic E-state index is 12.0. The van der Waals surface area contributed by atoms with Crippen LogP contribution in [0, 0.1) is 6.92 Å². The van der Waals surface area contributed by atoms with Crippen LogP contribution in [0.25, 0.3) is 0 Å². The van der Waals surface area contributed by atoms with Crippen LogP contribution in [0.1, 0.15) is 27.3 Å². The predicted octanol–water partition coefficient (Wildman–Crippen LogP) is 1.37. The Hall–Kier alpha value is -2.25. The molecule has 0 fully saturated rings. The Labute approximate surface area is 136 Å². The number of aryl methyl sites for hydroxylation is 1. The van der Waals surface area contributed by atoms with E-state index >= 15 is 0 Å². The zero-order chi connectivity index (χ0) is 16.9. The molecule has 23 heavy (non-hydrogen) atoms. The van der Waals surface area contributed by atoms with E-state index in [9.17, 15) is 13.2 Å². The van der Waals surface area contributed by atoms with Crippen LogP contribution in [-0.4, -0.2) is 26.4 Å². The van der Waals surface area contributed by atoms with Gasteiger partial charge in [0.15, 0.2) is 0 Å². The molecule has 2 aromatic rings. The third-order valence-electron chi connectivity index (χ3n) is 3.26. The van der Waals surface area contributed by atoms with Gasteiger partial charge in [0.25, 0.3) is 5.91 Å². The number of rotatable bonds is 6. The molecule has 2 N–H and O–H groups in total. The fourth-order valence-corrected chi connectivity index (χ4v) is 2.76. The second kappa shape index (κ2) is 7.34. The molecule has 0 bridgehead atoms. The molecule has 0 aliphatic rings. The van der Waals surface area contributed by atoms with Gasteiger partial charge < -0.3 is 5.32 Å². The van der Waals surface area contributed by atoms with E-state index < -0.39 is 10.0 Å². The van der Waals surface area contributed by atoms with Gasteiger partial charge in [-0.1, -0.05) is 30.3 Å². The van der Waals surface area contributed by atoms with Crippen molar-refractivity contribution in [2.45, 2.75) is 19.2 Å². The molecule has 0 aliphatic carbocycles. The molecular formula is C16H19N3O3S. The molecule has 2 rings (SSSR count). The largest absolute Gasteiger partial charge is 0.347 e. The maximum Gasteiger partial charge on any atom is 0.270 e. The molecular weight excluding hydrogens is 314 g/mol. The molecule has 0 atom stereocenters. The van der Waals surface area contributed by atoms with Crippen molar-refractivity contribution in [3.05, 3.63) is 65.0 Å². The number of pyridine rings is 1. The molecule has 1 heterocycles. The summed E-state index contributed by atoms with van der Waals surface area (Å²) in [6, 6.07) is 12.3. The van der Waals surface area contributed by atoms with E-state index in [2.05, 4.69) is 15.0 Å². The fraction of sp³-hybridized carbons (Fsp3) is 0.250. The second-order valence-corrected chi connectivity index (χ2v) is 7.05. The molecule has 0 saturated carbocycles. The number of benzene rings is 1. The van der Waals surface area contributed by atoms with E-state index in [1.807, 2.05) is 13.0 Å². The number of hydrogen-bond donors (Lipinski definition) is 2. The smallest absolute Gasteiger partial charge is 0.270 e. The summed E-state index contributed by atoms with van der Waals surface area (Å²) in [6.45, 7) is 2.18. The highest BCUT2D eigenvalue weighted by molar-refractivity contribution is 7.88. The van der Waals surface area contributed by atoms with Crippen molar-refractivity contribution in [3.8, 4) is 0 Å². The predicted molar refractivity (Wildman–Crippen MR) is 88.3 cm³/mol. The van der Waals surface area contributed by atoms with E-state index in [0.29, 0.717) is 17.8 Å².